The molecule has 4 aliphatic rings. The van der Waals surface area contributed by atoms with Gasteiger partial charge in [-0.1, -0.05) is 58.6 Å². The standard InChI is InChI=1S/C37H26Cl3F3N4O6/c38-19-3-1-17(2-4-19)36-26(33(50)47(35(36)52)45-31-27(40)13-18(15-44-31)37(41,42)43)14-25-23(30(36)28-12-9-22(16-48)53-28)10-11-24-29(25)34(51)46(32(24)49)21-7-5-20(39)6-8-21/h1-10,12-13,15,24-26,29-30,48H,11,14,16H2,(H,44,45)/t24-,25+,26-,29-,30+,36+/m0/s1. The lowest BCUT2D eigenvalue weighted by Gasteiger charge is -2.49. The van der Waals surface area contributed by atoms with Gasteiger partial charge in [0.05, 0.1) is 39.9 Å². The fraction of sp³-hybridized carbons (Fsp3) is 0.270. The van der Waals surface area contributed by atoms with Crippen molar-refractivity contribution in [2.24, 2.45) is 23.7 Å². The van der Waals surface area contributed by atoms with Gasteiger partial charge in [0, 0.05) is 16.2 Å². The van der Waals surface area contributed by atoms with Crippen molar-refractivity contribution in [2.75, 3.05) is 10.3 Å². The van der Waals surface area contributed by atoms with Gasteiger partial charge >= 0.3 is 6.18 Å². The van der Waals surface area contributed by atoms with Crippen LogP contribution in [0.15, 0.2) is 89.0 Å². The van der Waals surface area contributed by atoms with E-state index in [0.29, 0.717) is 44.1 Å². The lowest BCUT2D eigenvalue weighted by molar-refractivity contribution is -0.139. The van der Waals surface area contributed by atoms with Gasteiger partial charge in [0.15, 0.2) is 5.82 Å². The van der Waals surface area contributed by atoms with Gasteiger partial charge in [0.1, 0.15) is 23.5 Å². The number of carbonyl (C=O) groups is 4. The van der Waals surface area contributed by atoms with E-state index in [1.165, 1.54) is 6.07 Å². The van der Waals surface area contributed by atoms with Gasteiger partial charge in [0.25, 0.3) is 11.8 Å². The van der Waals surface area contributed by atoms with Crippen LogP contribution in [-0.4, -0.2) is 38.7 Å². The first-order valence-electron chi connectivity index (χ1n) is 16.4. The highest BCUT2D eigenvalue weighted by Gasteiger charge is 2.71. The number of furan rings is 1. The number of allylic oxidation sites excluding steroid dienone is 2. The summed E-state index contributed by atoms with van der Waals surface area (Å²) in [6.45, 7) is -0.473. The van der Waals surface area contributed by atoms with Crippen molar-refractivity contribution in [3.05, 3.63) is 122 Å². The van der Waals surface area contributed by atoms with Gasteiger partial charge in [-0.05, 0) is 78.9 Å². The first-order chi connectivity index (χ1) is 25.2. The Morgan fingerprint density at radius 2 is 1.58 bits per heavy atom. The smallest absolute Gasteiger partial charge is 0.417 e. The Balaban J connectivity index is 1.29. The maximum Gasteiger partial charge on any atom is 0.417 e. The summed E-state index contributed by atoms with van der Waals surface area (Å²) in [5.41, 5.74) is 0.971. The highest BCUT2D eigenvalue weighted by Crippen LogP contribution is 2.64. The number of halogens is 6. The number of aromatic nitrogens is 1. The van der Waals surface area contributed by atoms with Gasteiger partial charge in [-0.15, -0.1) is 0 Å². The third kappa shape index (κ3) is 5.38. The van der Waals surface area contributed by atoms with Crippen molar-refractivity contribution in [2.45, 2.75) is 37.0 Å². The molecule has 53 heavy (non-hydrogen) atoms. The van der Waals surface area contributed by atoms with E-state index in [0.717, 1.165) is 4.90 Å². The van der Waals surface area contributed by atoms with Crippen LogP contribution in [0.25, 0.3) is 0 Å². The van der Waals surface area contributed by atoms with E-state index in [1.807, 2.05) is 6.08 Å². The fourth-order valence-corrected chi connectivity index (χ4v) is 9.03. The second-order valence-corrected chi connectivity index (χ2v) is 14.6. The predicted octanol–water partition coefficient (Wildman–Crippen LogP) is 7.34. The molecule has 4 heterocycles. The molecule has 2 aliphatic heterocycles. The molecule has 10 nitrogen and oxygen atoms in total. The summed E-state index contributed by atoms with van der Waals surface area (Å²) in [5, 5.41) is 10.9. The topological polar surface area (TPSA) is 133 Å². The minimum absolute atomic E-state index is 0.0654. The third-order valence-corrected chi connectivity index (χ3v) is 11.6. The Bertz CT molecular complexity index is 2230. The lowest BCUT2D eigenvalue weighted by Crippen LogP contribution is -2.53. The SMILES string of the molecule is O=C1[C@@H]2C[C@@H]3C(=CC[C@@H]4C(=O)N(c5ccc(Cl)cc5)C(=O)[C@@H]43)[C@H](c3ccc(CO)o3)[C@]2(c2ccc(Cl)cc2)C(=O)N1Nc1ncc(C(F)(F)F)cc1Cl. The Morgan fingerprint density at radius 3 is 2.21 bits per heavy atom. The van der Waals surface area contributed by atoms with Crippen LogP contribution in [0.3, 0.4) is 0 Å². The second kappa shape index (κ2) is 12.7. The number of carbonyl (C=O) groups excluding carboxylic acids is 4. The van der Waals surface area contributed by atoms with Crippen LogP contribution in [-0.2, 0) is 37.4 Å². The molecule has 6 atom stereocenters. The fourth-order valence-electron chi connectivity index (χ4n) is 8.57. The zero-order valence-corrected chi connectivity index (χ0v) is 29.4. The molecule has 2 aromatic heterocycles. The first-order valence-corrected chi connectivity index (χ1v) is 17.6. The molecule has 4 amide bonds. The molecule has 0 bridgehead atoms. The number of alkyl halides is 3. The molecule has 0 spiro atoms. The van der Waals surface area contributed by atoms with Crippen LogP contribution in [0, 0.1) is 23.7 Å². The lowest BCUT2D eigenvalue weighted by atomic mass is 9.50. The van der Waals surface area contributed by atoms with Crippen molar-refractivity contribution in [3.8, 4) is 0 Å². The summed E-state index contributed by atoms with van der Waals surface area (Å²) in [5.74, 6) is -7.12. The number of benzene rings is 2. The molecule has 0 unspecified atom stereocenters. The van der Waals surface area contributed by atoms with Crippen molar-refractivity contribution in [1.29, 1.82) is 0 Å². The summed E-state index contributed by atoms with van der Waals surface area (Å²) in [4.78, 5) is 63.0. The number of rotatable bonds is 6. The van der Waals surface area contributed by atoms with E-state index in [-0.39, 0.29) is 30.2 Å². The predicted molar refractivity (Wildman–Crippen MR) is 185 cm³/mol. The Labute approximate surface area is 314 Å². The molecule has 16 heteroatoms. The molecule has 2 aromatic carbocycles. The second-order valence-electron chi connectivity index (χ2n) is 13.4. The quantitative estimate of drug-likeness (QED) is 0.153. The molecule has 0 radical (unpaired) electrons. The highest BCUT2D eigenvalue weighted by molar-refractivity contribution is 6.33. The zero-order chi connectivity index (χ0) is 37.6. The number of fused-ring (bicyclic) bond motifs is 4. The van der Waals surface area contributed by atoms with Crippen LogP contribution >= 0.6 is 34.8 Å². The number of hydrogen-bond acceptors (Lipinski definition) is 8. The van der Waals surface area contributed by atoms with Gasteiger partial charge in [-0.3, -0.25) is 29.5 Å². The average molecular weight is 786 g/mol. The molecular formula is C37H26Cl3F3N4O6. The summed E-state index contributed by atoms with van der Waals surface area (Å²) in [6, 6.07) is 16.4. The number of nitrogens with zero attached hydrogens (tertiary/aromatic N) is 3. The molecule has 4 aromatic rings. The molecular weight excluding hydrogens is 760 g/mol. The Kier molecular flexibility index (Phi) is 8.48. The highest BCUT2D eigenvalue weighted by atomic mass is 35.5. The number of aliphatic hydroxyl groups excluding tert-OH is 1. The monoisotopic (exact) mass is 784 g/mol. The molecule has 2 N–H and O–H groups in total. The summed E-state index contributed by atoms with van der Waals surface area (Å²) in [7, 11) is 0. The number of imide groups is 2. The maximum atomic E-state index is 15.1. The van der Waals surface area contributed by atoms with Crippen molar-refractivity contribution in [1.82, 2.24) is 9.99 Å². The van der Waals surface area contributed by atoms with E-state index < -0.39 is 82.0 Å². The minimum atomic E-state index is -4.75. The number of nitrogens with one attached hydrogen (secondary N) is 1. The molecule has 3 fully saturated rings. The van der Waals surface area contributed by atoms with E-state index in [1.54, 1.807) is 54.6 Å². The number of hydrogen-bond donors (Lipinski definition) is 2. The zero-order valence-electron chi connectivity index (χ0n) is 27.1. The summed E-state index contributed by atoms with van der Waals surface area (Å²) < 4.78 is 46.4. The minimum Gasteiger partial charge on any atom is -0.463 e. The largest absolute Gasteiger partial charge is 0.463 e. The van der Waals surface area contributed by atoms with Crippen molar-refractivity contribution >= 4 is 69.9 Å². The van der Waals surface area contributed by atoms with Crippen molar-refractivity contribution < 1.29 is 41.9 Å². The molecule has 2 aliphatic carbocycles. The third-order valence-electron chi connectivity index (χ3n) is 10.8. The van der Waals surface area contributed by atoms with E-state index in [2.05, 4.69) is 10.4 Å². The van der Waals surface area contributed by atoms with E-state index >= 15 is 4.79 Å². The van der Waals surface area contributed by atoms with Crippen LogP contribution < -0.4 is 10.3 Å². The van der Waals surface area contributed by atoms with Gasteiger partial charge in [-0.25, -0.2) is 4.98 Å². The maximum absolute atomic E-state index is 15.1. The van der Waals surface area contributed by atoms with Crippen LogP contribution in [0.1, 0.15) is 41.4 Å². The van der Waals surface area contributed by atoms with E-state index in [4.69, 9.17) is 39.2 Å². The van der Waals surface area contributed by atoms with Crippen LogP contribution in [0.4, 0.5) is 24.7 Å². The molecule has 272 valence electrons. The number of pyridine rings is 1. The molecule has 1 saturated carbocycles. The number of anilines is 2. The molecule has 2 saturated heterocycles. The van der Waals surface area contributed by atoms with Gasteiger partial charge in [-0.2, -0.15) is 18.2 Å². The number of hydrazine groups is 1. The van der Waals surface area contributed by atoms with Crippen LogP contribution in [0.2, 0.25) is 15.1 Å². The van der Waals surface area contributed by atoms with E-state index in [9.17, 15) is 32.7 Å². The van der Waals surface area contributed by atoms with Gasteiger partial charge in [0.2, 0.25) is 11.8 Å². The Hall–Kier alpha value is -4.69. The first kappa shape index (κ1) is 35.3. The normalized spacial score (nSPS) is 26.8. The summed E-state index contributed by atoms with van der Waals surface area (Å²) >= 11 is 18.6. The van der Waals surface area contributed by atoms with Crippen molar-refractivity contribution in [3.63, 3.8) is 0 Å². The number of amides is 4. The van der Waals surface area contributed by atoms with Gasteiger partial charge < -0.3 is 9.52 Å². The van der Waals surface area contributed by atoms with Crippen LogP contribution in [0.5, 0.6) is 0 Å². The Morgan fingerprint density at radius 1 is 0.906 bits per heavy atom. The average Bonchev–Trinajstić information content (AvgIpc) is 3.77. The number of aliphatic hydroxyl groups is 1. The molecule has 8 rings (SSSR count). The summed E-state index contributed by atoms with van der Waals surface area (Å²) in [6.07, 6.45) is -2.33.